The third-order valence-electron chi connectivity index (χ3n) is 5.52. The molecule has 0 aliphatic carbocycles. The predicted molar refractivity (Wildman–Crippen MR) is 108 cm³/mol. The molecule has 0 spiro atoms. The standard InChI is InChI=1S/C23H29NO4/c1-25-22-7-3-5-19(23(22)26-2)15-24(16-20-6-4-11-27-20)14-17-8-9-21-18(13-17)10-12-28-21/h3,5,7-9,13,20H,4,6,10-12,14-16H2,1-2H3. The van der Waals surface area contributed by atoms with Crippen molar-refractivity contribution in [3.63, 3.8) is 0 Å². The Morgan fingerprint density at radius 1 is 1.07 bits per heavy atom. The van der Waals surface area contributed by atoms with Crippen molar-refractivity contribution in [2.24, 2.45) is 0 Å². The van der Waals surface area contributed by atoms with Gasteiger partial charge < -0.3 is 18.9 Å². The van der Waals surface area contributed by atoms with Gasteiger partial charge in [0, 0.05) is 38.2 Å². The van der Waals surface area contributed by atoms with Gasteiger partial charge in [-0.15, -0.1) is 0 Å². The number of nitrogens with zero attached hydrogens (tertiary/aromatic N) is 1. The van der Waals surface area contributed by atoms with E-state index >= 15 is 0 Å². The summed E-state index contributed by atoms with van der Waals surface area (Å²) in [4.78, 5) is 2.45. The van der Waals surface area contributed by atoms with E-state index in [2.05, 4.69) is 29.2 Å². The summed E-state index contributed by atoms with van der Waals surface area (Å²) in [6.45, 7) is 4.23. The SMILES string of the molecule is COc1cccc(CN(Cc2ccc3c(c2)CCO3)CC2CCCO2)c1OC. The Bertz CT molecular complexity index is 801. The van der Waals surface area contributed by atoms with Crippen molar-refractivity contribution in [1.82, 2.24) is 4.90 Å². The maximum absolute atomic E-state index is 5.92. The van der Waals surface area contributed by atoms with Gasteiger partial charge in [0.15, 0.2) is 11.5 Å². The van der Waals surface area contributed by atoms with E-state index in [4.69, 9.17) is 18.9 Å². The fraction of sp³-hybridized carbons (Fsp3) is 0.478. The molecule has 1 saturated heterocycles. The zero-order valence-electron chi connectivity index (χ0n) is 16.8. The second-order valence-corrected chi connectivity index (χ2v) is 7.50. The molecule has 1 atom stereocenters. The van der Waals surface area contributed by atoms with Gasteiger partial charge in [-0.3, -0.25) is 4.90 Å². The molecule has 0 amide bonds. The molecule has 0 saturated carbocycles. The van der Waals surface area contributed by atoms with Crippen LogP contribution in [0.25, 0.3) is 0 Å². The van der Waals surface area contributed by atoms with Crippen LogP contribution in [-0.4, -0.2) is 45.0 Å². The normalized spacial score (nSPS) is 18.2. The predicted octanol–water partition coefficient (Wildman–Crippen LogP) is 3.82. The maximum Gasteiger partial charge on any atom is 0.165 e. The molecule has 28 heavy (non-hydrogen) atoms. The lowest BCUT2D eigenvalue weighted by molar-refractivity contribution is 0.0676. The molecule has 2 aromatic carbocycles. The molecular formula is C23H29NO4. The van der Waals surface area contributed by atoms with E-state index in [1.54, 1.807) is 14.2 Å². The number of fused-ring (bicyclic) bond motifs is 1. The number of rotatable bonds is 8. The Labute approximate surface area is 167 Å². The van der Waals surface area contributed by atoms with Crippen molar-refractivity contribution >= 4 is 0 Å². The summed E-state index contributed by atoms with van der Waals surface area (Å²) < 4.78 is 22.7. The van der Waals surface area contributed by atoms with Crippen LogP contribution in [-0.2, 0) is 24.2 Å². The zero-order chi connectivity index (χ0) is 19.3. The third-order valence-corrected chi connectivity index (χ3v) is 5.52. The number of para-hydroxylation sites is 1. The molecule has 2 aliphatic heterocycles. The van der Waals surface area contributed by atoms with Crippen LogP contribution in [0.5, 0.6) is 17.2 Å². The molecular weight excluding hydrogens is 354 g/mol. The summed E-state index contributed by atoms with van der Waals surface area (Å²) in [5.74, 6) is 2.61. The van der Waals surface area contributed by atoms with E-state index in [1.165, 1.54) is 11.1 Å². The first kappa shape index (κ1) is 19.1. The van der Waals surface area contributed by atoms with E-state index in [1.807, 2.05) is 12.1 Å². The van der Waals surface area contributed by atoms with E-state index in [-0.39, 0.29) is 0 Å². The van der Waals surface area contributed by atoms with Crippen LogP contribution in [0, 0.1) is 0 Å². The van der Waals surface area contributed by atoms with Gasteiger partial charge in [-0.25, -0.2) is 0 Å². The second-order valence-electron chi connectivity index (χ2n) is 7.50. The number of ether oxygens (including phenoxy) is 4. The fourth-order valence-corrected chi connectivity index (χ4v) is 4.18. The van der Waals surface area contributed by atoms with Crippen molar-refractivity contribution in [1.29, 1.82) is 0 Å². The van der Waals surface area contributed by atoms with Gasteiger partial charge in [0.25, 0.3) is 0 Å². The highest BCUT2D eigenvalue weighted by atomic mass is 16.5. The molecule has 1 fully saturated rings. The summed E-state index contributed by atoms with van der Waals surface area (Å²) in [6, 6.07) is 12.6. The van der Waals surface area contributed by atoms with Crippen LogP contribution in [0.4, 0.5) is 0 Å². The molecule has 0 radical (unpaired) electrons. The van der Waals surface area contributed by atoms with Gasteiger partial charge in [-0.2, -0.15) is 0 Å². The lowest BCUT2D eigenvalue weighted by atomic mass is 10.1. The number of methoxy groups -OCH3 is 2. The molecule has 0 N–H and O–H groups in total. The molecule has 2 aromatic rings. The largest absolute Gasteiger partial charge is 0.493 e. The minimum Gasteiger partial charge on any atom is -0.493 e. The molecule has 4 rings (SSSR count). The first-order chi connectivity index (χ1) is 13.8. The highest BCUT2D eigenvalue weighted by molar-refractivity contribution is 5.46. The first-order valence-corrected chi connectivity index (χ1v) is 10.0. The van der Waals surface area contributed by atoms with Crippen molar-refractivity contribution in [2.45, 2.75) is 38.5 Å². The van der Waals surface area contributed by atoms with E-state index in [0.29, 0.717) is 6.10 Å². The summed E-state index contributed by atoms with van der Waals surface area (Å²) in [6.07, 6.45) is 3.58. The average molecular weight is 383 g/mol. The van der Waals surface area contributed by atoms with Gasteiger partial charge in [0.05, 0.1) is 26.9 Å². The van der Waals surface area contributed by atoms with Gasteiger partial charge >= 0.3 is 0 Å². The zero-order valence-corrected chi connectivity index (χ0v) is 16.8. The minimum atomic E-state index is 0.300. The molecule has 5 nitrogen and oxygen atoms in total. The first-order valence-electron chi connectivity index (χ1n) is 10.0. The molecule has 2 aliphatic rings. The van der Waals surface area contributed by atoms with Gasteiger partial charge in [0.1, 0.15) is 5.75 Å². The number of benzene rings is 2. The van der Waals surface area contributed by atoms with E-state index in [0.717, 1.165) is 74.9 Å². The molecule has 0 bridgehead atoms. The fourth-order valence-electron chi connectivity index (χ4n) is 4.18. The third kappa shape index (κ3) is 4.26. The topological polar surface area (TPSA) is 40.2 Å². The van der Waals surface area contributed by atoms with Crippen molar-refractivity contribution < 1.29 is 18.9 Å². The molecule has 1 unspecified atom stereocenters. The Balaban J connectivity index is 1.55. The molecule has 2 heterocycles. The van der Waals surface area contributed by atoms with Crippen molar-refractivity contribution in [2.75, 3.05) is 34.0 Å². The van der Waals surface area contributed by atoms with Crippen LogP contribution in [0.15, 0.2) is 36.4 Å². The van der Waals surface area contributed by atoms with Crippen LogP contribution in [0.2, 0.25) is 0 Å². The lowest BCUT2D eigenvalue weighted by Gasteiger charge is -2.26. The van der Waals surface area contributed by atoms with Crippen LogP contribution in [0.3, 0.4) is 0 Å². The molecule has 0 aromatic heterocycles. The summed E-state index contributed by atoms with van der Waals surface area (Å²) >= 11 is 0. The highest BCUT2D eigenvalue weighted by Crippen LogP contribution is 2.32. The Hall–Kier alpha value is -2.24. The molecule has 5 heteroatoms. The van der Waals surface area contributed by atoms with Crippen LogP contribution >= 0.6 is 0 Å². The Morgan fingerprint density at radius 3 is 2.79 bits per heavy atom. The van der Waals surface area contributed by atoms with Crippen LogP contribution in [0.1, 0.15) is 29.5 Å². The second kappa shape index (κ2) is 8.84. The Morgan fingerprint density at radius 2 is 2.00 bits per heavy atom. The Kier molecular flexibility index (Phi) is 6.03. The van der Waals surface area contributed by atoms with E-state index in [9.17, 15) is 0 Å². The minimum absolute atomic E-state index is 0.300. The molecule has 150 valence electrons. The highest BCUT2D eigenvalue weighted by Gasteiger charge is 2.22. The summed E-state index contributed by atoms with van der Waals surface area (Å²) in [5.41, 5.74) is 3.75. The summed E-state index contributed by atoms with van der Waals surface area (Å²) in [5, 5.41) is 0. The van der Waals surface area contributed by atoms with Gasteiger partial charge in [-0.05, 0) is 36.1 Å². The number of hydrogen-bond acceptors (Lipinski definition) is 5. The monoisotopic (exact) mass is 383 g/mol. The smallest absolute Gasteiger partial charge is 0.165 e. The lowest BCUT2D eigenvalue weighted by Crippen LogP contribution is -2.31. The average Bonchev–Trinajstić information content (AvgIpc) is 3.39. The quantitative estimate of drug-likeness (QED) is 0.693. The summed E-state index contributed by atoms with van der Waals surface area (Å²) in [7, 11) is 3.38. The van der Waals surface area contributed by atoms with Gasteiger partial charge in [-0.1, -0.05) is 24.3 Å². The maximum atomic E-state index is 5.92. The van der Waals surface area contributed by atoms with Crippen LogP contribution < -0.4 is 14.2 Å². The van der Waals surface area contributed by atoms with Crippen molar-refractivity contribution in [3.8, 4) is 17.2 Å². The van der Waals surface area contributed by atoms with Gasteiger partial charge in [0.2, 0.25) is 0 Å². The van der Waals surface area contributed by atoms with E-state index < -0.39 is 0 Å². The number of hydrogen-bond donors (Lipinski definition) is 0. The van der Waals surface area contributed by atoms with Crippen molar-refractivity contribution in [3.05, 3.63) is 53.1 Å².